The van der Waals surface area contributed by atoms with Crippen LogP contribution in [0, 0.1) is 33.5 Å². The standard InChI is InChI=1S/C21H36O2/c1-14-9-11-20(7,18(14,3)4)16(22)13-17(23)21(8)12-10-15(2)19(21,5)6/h13-15,22H,9-12H2,1-8H3/b16-13+/t14-,15-,20-,21-/m0/s1. The topological polar surface area (TPSA) is 37.3 Å². The van der Waals surface area contributed by atoms with Crippen LogP contribution in [0.4, 0.5) is 0 Å². The van der Waals surface area contributed by atoms with Gasteiger partial charge in [-0.05, 0) is 48.3 Å². The molecule has 0 bridgehead atoms. The molecule has 2 nitrogen and oxygen atoms in total. The van der Waals surface area contributed by atoms with E-state index in [4.69, 9.17) is 0 Å². The highest BCUT2D eigenvalue weighted by Crippen LogP contribution is 2.60. The zero-order valence-electron chi connectivity index (χ0n) is 16.4. The predicted octanol–water partition coefficient (Wildman–Crippen LogP) is 5.92. The molecule has 23 heavy (non-hydrogen) atoms. The molecule has 132 valence electrons. The molecule has 0 aromatic rings. The normalized spacial score (nSPS) is 42.9. The van der Waals surface area contributed by atoms with Gasteiger partial charge in [0.05, 0.1) is 0 Å². The molecule has 2 heteroatoms. The zero-order valence-corrected chi connectivity index (χ0v) is 16.4. The lowest BCUT2D eigenvalue weighted by molar-refractivity contribution is -0.128. The predicted molar refractivity (Wildman–Crippen MR) is 96.3 cm³/mol. The highest BCUT2D eigenvalue weighted by molar-refractivity contribution is 5.96. The number of allylic oxidation sites excluding steroid dienone is 2. The summed E-state index contributed by atoms with van der Waals surface area (Å²) in [4.78, 5) is 13.1. The maximum absolute atomic E-state index is 13.1. The van der Waals surface area contributed by atoms with Crippen molar-refractivity contribution in [2.45, 2.75) is 81.1 Å². The van der Waals surface area contributed by atoms with Gasteiger partial charge in [0.25, 0.3) is 0 Å². The molecule has 1 N–H and O–H groups in total. The molecule has 0 heterocycles. The Labute approximate surface area is 142 Å². The van der Waals surface area contributed by atoms with Crippen LogP contribution in [0.3, 0.4) is 0 Å². The second-order valence-electron chi connectivity index (χ2n) is 9.88. The van der Waals surface area contributed by atoms with Gasteiger partial charge < -0.3 is 5.11 Å². The Bertz CT molecular complexity index is 528. The summed E-state index contributed by atoms with van der Waals surface area (Å²) in [6.07, 6.45) is 5.65. The van der Waals surface area contributed by atoms with Gasteiger partial charge in [0, 0.05) is 16.9 Å². The fourth-order valence-electron chi connectivity index (χ4n) is 4.81. The molecule has 2 aliphatic rings. The van der Waals surface area contributed by atoms with E-state index in [-0.39, 0.29) is 27.4 Å². The first-order valence-electron chi connectivity index (χ1n) is 9.26. The first-order valence-corrected chi connectivity index (χ1v) is 9.26. The van der Waals surface area contributed by atoms with Gasteiger partial charge in [-0.15, -0.1) is 0 Å². The number of aliphatic hydroxyl groups excluding tert-OH is 1. The van der Waals surface area contributed by atoms with Crippen molar-refractivity contribution in [3.8, 4) is 0 Å². The van der Waals surface area contributed by atoms with Gasteiger partial charge in [-0.25, -0.2) is 0 Å². The summed E-state index contributed by atoms with van der Waals surface area (Å²) >= 11 is 0. The maximum Gasteiger partial charge on any atom is 0.165 e. The molecular formula is C21H36O2. The highest BCUT2D eigenvalue weighted by atomic mass is 16.3. The van der Waals surface area contributed by atoms with E-state index >= 15 is 0 Å². The smallest absolute Gasteiger partial charge is 0.165 e. The van der Waals surface area contributed by atoms with E-state index in [1.807, 2.05) is 0 Å². The van der Waals surface area contributed by atoms with Gasteiger partial charge in [0.1, 0.15) is 5.76 Å². The Kier molecular flexibility index (Phi) is 4.32. The van der Waals surface area contributed by atoms with Crippen molar-refractivity contribution in [3.05, 3.63) is 11.8 Å². The summed E-state index contributed by atoms with van der Waals surface area (Å²) in [6, 6.07) is 0. The molecule has 0 aromatic carbocycles. The number of carbonyl (C=O) groups excluding carboxylic acids is 1. The average Bonchev–Trinajstić information content (AvgIpc) is 2.79. The summed E-state index contributed by atoms with van der Waals surface area (Å²) in [5.74, 6) is 1.50. The van der Waals surface area contributed by atoms with Crippen LogP contribution in [-0.2, 0) is 4.79 Å². The molecule has 4 atom stereocenters. The van der Waals surface area contributed by atoms with E-state index in [1.165, 1.54) is 0 Å². The van der Waals surface area contributed by atoms with Gasteiger partial charge in [-0.3, -0.25) is 4.79 Å². The summed E-state index contributed by atoms with van der Waals surface area (Å²) in [5.41, 5.74) is -0.689. The van der Waals surface area contributed by atoms with E-state index in [0.29, 0.717) is 17.6 Å². The summed E-state index contributed by atoms with van der Waals surface area (Å²) in [7, 11) is 0. The molecule has 2 saturated carbocycles. The molecule has 0 aliphatic heterocycles. The average molecular weight is 321 g/mol. The Hall–Kier alpha value is -0.790. The van der Waals surface area contributed by atoms with E-state index < -0.39 is 0 Å². The van der Waals surface area contributed by atoms with Gasteiger partial charge >= 0.3 is 0 Å². The van der Waals surface area contributed by atoms with Crippen LogP contribution in [0.5, 0.6) is 0 Å². The van der Waals surface area contributed by atoms with Crippen LogP contribution in [0.15, 0.2) is 11.8 Å². The molecule has 0 radical (unpaired) electrons. The lowest BCUT2D eigenvalue weighted by Crippen LogP contribution is -2.40. The van der Waals surface area contributed by atoms with Gasteiger partial charge in [-0.1, -0.05) is 55.4 Å². The maximum atomic E-state index is 13.1. The van der Waals surface area contributed by atoms with E-state index in [1.54, 1.807) is 6.08 Å². The number of hydrogen-bond acceptors (Lipinski definition) is 2. The molecule has 0 unspecified atom stereocenters. The molecule has 0 saturated heterocycles. The van der Waals surface area contributed by atoms with Crippen LogP contribution in [0.2, 0.25) is 0 Å². The van der Waals surface area contributed by atoms with Crippen LogP contribution in [0.1, 0.15) is 81.1 Å². The van der Waals surface area contributed by atoms with Gasteiger partial charge in [0.15, 0.2) is 5.78 Å². The SMILES string of the molecule is C[C@H]1CC[C@@](C)(C(=O)/C=C(/O)[C@]2(C)CC[C@H](C)C2(C)C)C1(C)C. The minimum Gasteiger partial charge on any atom is -0.512 e. The van der Waals surface area contributed by atoms with Crippen molar-refractivity contribution >= 4 is 5.78 Å². The van der Waals surface area contributed by atoms with E-state index in [2.05, 4.69) is 55.4 Å². The van der Waals surface area contributed by atoms with Crippen molar-refractivity contribution in [1.29, 1.82) is 0 Å². The fourth-order valence-corrected chi connectivity index (χ4v) is 4.81. The van der Waals surface area contributed by atoms with Crippen molar-refractivity contribution in [2.24, 2.45) is 33.5 Å². The Balaban J connectivity index is 2.34. The molecule has 2 fully saturated rings. The summed E-state index contributed by atoms with van der Waals surface area (Å²) in [6.45, 7) is 17.6. The second-order valence-corrected chi connectivity index (χ2v) is 9.88. The number of ketones is 1. The molecule has 2 rings (SSSR count). The monoisotopic (exact) mass is 320 g/mol. The summed E-state index contributed by atoms with van der Waals surface area (Å²) in [5, 5.41) is 10.9. The van der Waals surface area contributed by atoms with Crippen molar-refractivity contribution in [1.82, 2.24) is 0 Å². The number of aliphatic hydroxyl groups is 1. The number of carbonyl (C=O) groups is 1. The minimum atomic E-state index is -0.370. The quantitative estimate of drug-likeness (QED) is 0.517. The fraction of sp³-hybridized carbons (Fsp3) is 0.857. The zero-order chi connectivity index (χ0) is 17.8. The third-order valence-electron chi connectivity index (χ3n) is 8.84. The lowest BCUT2D eigenvalue weighted by atomic mass is 9.62. The molecule has 0 aromatic heterocycles. The van der Waals surface area contributed by atoms with Gasteiger partial charge in [0.2, 0.25) is 0 Å². The lowest BCUT2D eigenvalue weighted by Gasteiger charge is -2.42. The first kappa shape index (κ1) is 18.5. The molecule has 2 aliphatic carbocycles. The highest BCUT2D eigenvalue weighted by Gasteiger charge is 2.55. The molecule has 0 amide bonds. The Morgan fingerprint density at radius 1 is 0.870 bits per heavy atom. The van der Waals surface area contributed by atoms with Crippen LogP contribution in [-0.4, -0.2) is 10.9 Å². The molecular weight excluding hydrogens is 284 g/mol. The third kappa shape index (κ3) is 2.39. The van der Waals surface area contributed by atoms with E-state index in [9.17, 15) is 9.90 Å². The van der Waals surface area contributed by atoms with Crippen molar-refractivity contribution < 1.29 is 9.90 Å². The minimum absolute atomic E-state index is 0.00720. The molecule has 0 spiro atoms. The van der Waals surface area contributed by atoms with Crippen LogP contribution >= 0.6 is 0 Å². The number of hydrogen-bond donors (Lipinski definition) is 1. The largest absolute Gasteiger partial charge is 0.512 e. The summed E-state index contributed by atoms with van der Waals surface area (Å²) < 4.78 is 0. The van der Waals surface area contributed by atoms with E-state index in [0.717, 1.165) is 25.7 Å². The van der Waals surface area contributed by atoms with Crippen molar-refractivity contribution in [2.75, 3.05) is 0 Å². The van der Waals surface area contributed by atoms with Crippen LogP contribution < -0.4 is 0 Å². The van der Waals surface area contributed by atoms with Crippen LogP contribution in [0.25, 0.3) is 0 Å². The number of rotatable bonds is 3. The third-order valence-corrected chi connectivity index (χ3v) is 8.84. The Morgan fingerprint density at radius 2 is 1.26 bits per heavy atom. The van der Waals surface area contributed by atoms with Crippen molar-refractivity contribution in [3.63, 3.8) is 0 Å². The first-order chi connectivity index (χ1) is 10.3. The second kappa shape index (κ2) is 5.36. The van der Waals surface area contributed by atoms with Gasteiger partial charge in [-0.2, -0.15) is 0 Å². The Morgan fingerprint density at radius 3 is 1.61 bits per heavy atom.